The van der Waals surface area contributed by atoms with E-state index in [0.29, 0.717) is 0 Å². The molecule has 0 atom stereocenters. The molecule has 14 heavy (non-hydrogen) atoms. The fourth-order valence-corrected chi connectivity index (χ4v) is 1.83. The second-order valence-electron chi connectivity index (χ2n) is 3.71. The van der Waals surface area contributed by atoms with E-state index in [-0.39, 0.29) is 0 Å². The average molecular weight is 191 g/mol. The van der Waals surface area contributed by atoms with Gasteiger partial charge in [-0.15, -0.1) is 0 Å². The minimum Gasteiger partial charge on any atom is -0.384 e. The SMILES string of the molecule is c1cc(NCCN2CCCC2)ccn1. The molecule has 1 saturated heterocycles. The quantitative estimate of drug-likeness (QED) is 0.783. The van der Waals surface area contributed by atoms with Gasteiger partial charge in [-0.1, -0.05) is 0 Å². The molecule has 3 nitrogen and oxygen atoms in total. The predicted octanol–water partition coefficient (Wildman–Crippen LogP) is 1.59. The van der Waals surface area contributed by atoms with Crippen molar-refractivity contribution in [2.24, 2.45) is 0 Å². The van der Waals surface area contributed by atoms with E-state index in [4.69, 9.17) is 0 Å². The lowest BCUT2D eigenvalue weighted by Crippen LogP contribution is -2.25. The summed E-state index contributed by atoms with van der Waals surface area (Å²) in [7, 11) is 0. The van der Waals surface area contributed by atoms with E-state index in [0.717, 1.165) is 13.1 Å². The number of likely N-dealkylation sites (tertiary alicyclic amines) is 1. The van der Waals surface area contributed by atoms with Crippen LogP contribution in [-0.2, 0) is 0 Å². The summed E-state index contributed by atoms with van der Waals surface area (Å²) in [6.07, 6.45) is 6.38. The van der Waals surface area contributed by atoms with Crippen LogP contribution in [0.1, 0.15) is 12.8 Å². The fourth-order valence-electron chi connectivity index (χ4n) is 1.83. The van der Waals surface area contributed by atoms with E-state index in [1.807, 2.05) is 24.5 Å². The largest absolute Gasteiger partial charge is 0.384 e. The second kappa shape index (κ2) is 4.96. The Kier molecular flexibility index (Phi) is 3.35. The Bertz CT molecular complexity index is 254. The van der Waals surface area contributed by atoms with E-state index >= 15 is 0 Å². The zero-order valence-electron chi connectivity index (χ0n) is 8.45. The molecular formula is C11H17N3. The fraction of sp³-hybridized carbons (Fsp3) is 0.545. The van der Waals surface area contributed by atoms with E-state index in [1.54, 1.807) is 0 Å². The van der Waals surface area contributed by atoms with Crippen molar-refractivity contribution < 1.29 is 0 Å². The lowest BCUT2D eigenvalue weighted by molar-refractivity contribution is 0.352. The number of hydrogen-bond donors (Lipinski definition) is 1. The normalized spacial score (nSPS) is 17.1. The maximum Gasteiger partial charge on any atom is 0.0371 e. The average Bonchev–Trinajstić information content (AvgIpc) is 2.72. The molecule has 0 saturated carbocycles. The van der Waals surface area contributed by atoms with E-state index in [1.165, 1.54) is 31.6 Å². The number of rotatable bonds is 4. The summed E-state index contributed by atoms with van der Waals surface area (Å²) in [5.41, 5.74) is 1.17. The van der Waals surface area contributed by atoms with Crippen LogP contribution in [-0.4, -0.2) is 36.1 Å². The first-order valence-electron chi connectivity index (χ1n) is 5.31. The molecule has 76 valence electrons. The first kappa shape index (κ1) is 9.46. The molecule has 1 fully saturated rings. The van der Waals surface area contributed by atoms with Gasteiger partial charge in [0.05, 0.1) is 0 Å². The van der Waals surface area contributed by atoms with Crippen LogP contribution in [0, 0.1) is 0 Å². The van der Waals surface area contributed by atoms with E-state index in [2.05, 4.69) is 15.2 Å². The number of nitrogens with one attached hydrogen (secondary N) is 1. The van der Waals surface area contributed by atoms with Crippen LogP contribution < -0.4 is 5.32 Å². The van der Waals surface area contributed by atoms with Gasteiger partial charge in [0.1, 0.15) is 0 Å². The molecule has 2 rings (SSSR count). The first-order valence-corrected chi connectivity index (χ1v) is 5.31. The summed E-state index contributed by atoms with van der Waals surface area (Å²) in [6, 6.07) is 4.01. The predicted molar refractivity (Wildman–Crippen MR) is 58.4 cm³/mol. The molecule has 1 N–H and O–H groups in total. The molecule has 3 heteroatoms. The van der Waals surface area contributed by atoms with Crippen LogP contribution in [0.3, 0.4) is 0 Å². The summed E-state index contributed by atoms with van der Waals surface area (Å²) in [4.78, 5) is 6.49. The number of nitrogens with zero attached hydrogens (tertiary/aromatic N) is 2. The van der Waals surface area contributed by atoms with Gasteiger partial charge in [-0.25, -0.2) is 0 Å². The van der Waals surface area contributed by atoms with Crippen LogP contribution in [0.4, 0.5) is 5.69 Å². The number of anilines is 1. The zero-order chi connectivity index (χ0) is 9.64. The molecule has 1 aromatic rings. The highest BCUT2D eigenvalue weighted by molar-refractivity contribution is 5.40. The van der Waals surface area contributed by atoms with Gasteiger partial charge in [0.25, 0.3) is 0 Å². The van der Waals surface area contributed by atoms with Gasteiger partial charge in [-0.3, -0.25) is 4.98 Å². The van der Waals surface area contributed by atoms with Crippen molar-refractivity contribution in [1.29, 1.82) is 0 Å². The van der Waals surface area contributed by atoms with Crippen molar-refractivity contribution in [1.82, 2.24) is 9.88 Å². The van der Waals surface area contributed by atoms with Gasteiger partial charge < -0.3 is 10.2 Å². The van der Waals surface area contributed by atoms with Crippen molar-refractivity contribution in [2.75, 3.05) is 31.5 Å². The number of aromatic nitrogens is 1. The molecule has 1 aliphatic rings. The van der Waals surface area contributed by atoms with Crippen molar-refractivity contribution in [2.45, 2.75) is 12.8 Å². The molecule has 1 aromatic heterocycles. The Hall–Kier alpha value is -1.09. The van der Waals surface area contributed by atoms with Crippen LogP contribution in [0.25, 0.3) is 0 Å². The molecular weight excluding hydrogens is 174 g/mol. The van der Waals surface area contributed by atoms with Gasteiger partial charge in [-0.2, -0.15) is 0 Å². The van der Waals surface area contributed by atoms with Crippen molar-refractivity contribution in [3.63, 3.8) is 0 Å². The van der Waals surface area contributed by atoms with Crippen molar-refractivity contribution >= 4 is 5.69 Å². The molecule has 0 aliphatic carbocycles. The van der Waals surface area contributed by atoms with Gasteiger partial charge in [0, 0.05) is 31.2 Å². The Morgan fingerprint density at radius 3 is 2.64 bits per heavy atom. The van der Waals surface area contributed by atoms with Crippen LogP contribution in [0.2, 0.25) is 0 Å². The number of pyridine rings is 1. The van der Waals surface area contributed by atoms with Crippen molar-refractivity contribution in [3.05, 3.63) is 24.5 Å². The summed E-state index contributed by atoms with van der Waals surface area (Å²) in [6.45, 7) is 4.74. The Morgan fingerprint density at radius 1 is 1.21 bits per heavy atom. The van der Waals surface area contributed by atoms with Gasteiger partial charge in [0.15, 0.2) is 0 Å². The monoisotopic (exact) mass is 191 g/mol. The molecule has 2 heterocycles. The third kappa shape index (κ3) is 2.70. The molecule has 0 amide bonds. The highest BCUT2D eigenvalue weighted by Gasteiger charge is 2.09. The standard InChI is InChI=1S/C11H17N3/c1-2-9-14(8-1)10-7-13-11-3-5-12-6-4-11/h3-6H,1-2,7-10H2,(H,12,13). The first-order chi connectivity index (χ1) is 6.95. The van der Waals surface area contributed by atoms with Crippen LogP contribution in [0.15, 0.2) is 24.5 Å². The molecule has 1 aliphatic heterocycles. The molecule has 0 spiro atoms. The van der Waals surface area contributed by atoms with Gasteiger partial charge >= 0.3 is 0 Å². The van der Waals surface area contributed by atoms with E-state index < -0.39 is 0 Å². The lowest BCUT2D eigenvalue weighted by atomic mass is 10.4. The lowest BCUT2D eigenvalue weighted by Gasteiger charge is -2.15. The van der Waals surface area contributed by atoms with Crippen molar-refractivity contribution in [3.8, 4) is 0 Å². The topological polar surface area (TPSA) is 28.2 Å². The third-order valence-electron chi connectivity index (χ3n) is 2.64. The maximum atomic E-state index is 3.98. The molecule has 0 bridgehead atoms. The minimum absolute atomic E-state index is 1.03. The molecule has 0 radical (unpaired) electrons. The van der Waals surface area contributed by atoms with Gasteiger partial charge in [0.2, 0.25) is 0 Å². The Labute approximate surface area is 85.1 Å². The summed E-state index contributed by atoms with van der Waals surface area (Å²) < 4.78 is 0. The van der Waals surface area contributed by atoms with Crippen LogP contribution >= 0.6 is 0 Å². The second-order valence-corrected chi connectivity index (χ2v) is 3.71. The zero-order valence-corrected chi connectivity index (χ0v) is 8.45. The maximum absolute atomic E-state index is 3.98. The Morgan fingerprint density at radius 2 is 1.93 bits per heavy atom. The van der Waals surface area contributed by atoms with E-state index in [9.17, 15) is 0 Å². The highest BCUT2D eigenvalue weighted by atomic mass is 15.1. The molecule has 0 aromatic carbocycles. The summed E-state index contributed by atoms with van der Waals surface area (Å²) in [5, 5.41) is 3.39. The summed E-state index contributed by atoms with van der Waals surface area (Å²) in [5.74, 6) is 0. The minimum atomic E-state index is 1.03. The van der Waals surface area contributed by atoms with Crippen LogP contribution in [0.5, 0.6) is 0 Å². The molecule has 0 unspecified atom stereocenters. The third-order valence-corrected chi connectivity index (χ3v) is 2.64. The Balaban J connectivity index is 1.67. The highest BCUT2D eigenvalue weighted by Crippen LogP contribution is 2.07. The smallest absolute Gasteiger partial charge is 0.0371 e. The number of hydrogen-bond acceptors (Lipinski definition) is 3. The summed E-state index contributed by atoms with van der Waals surface area (Å²) >= 11 is 0. The van der Waals surface area contributed by atoms with Gasteiger partial charge in [-0.05, 0) is 38.1 Å².